The van der Waals surface area contributed by atoms with E-state index in [1.165, 1.54) is 0 Å². The largest absolute Gasteiger partial charge is 0.492 e. The van der Waals surface area contributed by atoms with Gasteiger partial charge in [0, 0.05) is 0 Å². The van der Waals surface area contributed by atoms with Gasteiger partial charge in [-0.2, -0.15) is 0 Å². The van der Waals surface area contributed by atoms with E-state index in [2.05, 4.69) is 11.4 Å². The number of hydrogen-bond acceptors (Lipinski definition) is 4. The number of benzene rings is 1. The number of nitrogens with one attached hydrogen (secondary N) is 1. The summed E-state index contributed by atoms with van der Waals surface area (Å²) >= 11 is 0. The molecular weight excluding hydrogens is 282 g/mol. The Balaban J connectivity index is 1.56. The zero-order valence-electron chi connectivity index (χ0n) is 12.5. The molecule has 0 aliphatic heterocycles. The number of rotatable bonds is 7. The first-order valence-electron chi connectivity index (χ1n) is 7.52. The minimum Gasteiger partial charge on any atom is -0.492 e. The highest BCUT2D eigenvalue weighted by atomic mass is 16.5. The third-order valence-electron chi connectivity index (χ3n) is 3.38. The van der Waals surface area contributed by atoms with Gasteiger partial charge in [-0.3, -0.25) is 9.59 Å². The molecular formula is C17H21NO4. The molecule has 0 bridgehead atoms. The average molecular weight is 303 g/mol. The van der Waals surface area contributed by atoms with Crippen LogP contribution in [-0.2, 0) is 14.3 Å². The Labute approximate surface area is 130 Å². The van der Waals surface area contributed by atoms with Crippen molar-refractivity contribution in [3.8, 4) is 5.75 Å². The van der Waals surface area contributed by atoms with Gasteiger partial charge in [0.05, 0.1) is 12.5 Å². The van der Waals surface area contributed by atoms with Gasteiger partial charge >= 0.3 is 5.97 Å². The molecule has 0 saturated heterocycles. The lowest BCUT2D eigenvalue weighted by molar-refractivity contribution is -0.152. The van der Waals surface area contributed by atoms with Crippen LogP contribution in [0.3, 0.4) is 0 Å². The summed E-state index contributed by atoms with van der Waals surface area (Å²) in [5.74, 6) is 0.0455. The van der Waals surface area contributed by atoms with E-state index in [9.17, 15) is 9.59 Å². The Morgan fingerprint density at radius 1 is 1.18 bits per heavy atom. The molecule has 1 N–H and O–H groups in total. The van der Waals surface area contributed by atoms with Crippen molar-refractivity contribution >= 4 is 11.9 Å². The predicted octanol–water partition coefficient (Wildman–Crippen LogP) is 2.08. The molecule has 1 aliphatic rings. The predicted molar refractivity (Wildman–Crippen MR) is 82.4 cm³/mol. The second-order valence-corrected chi connectivity index (χ2v) is 5.10. The smallest absolute Gasteiger partial charge is 0.309 e. The van der Waals surface area contributed by atoms with Crippen LogP contribution in [0.1, 0.15) is 19.3 Å². The number of ether oxygens (including phenoxy) is 2. The molecule has 1 aromatic carbocycles. The number of amides is 1. The first-order valence-corrected chi connectivity index (χ1v) is 7.52. The number of esters is 1. The number of allylic oxidation sites excluding steroid dienone is 2. The Bertz CT molecular complexity index is 513. The Morgan fingerprint density at radius 3 is 2.73 bits per heavy atom. The zero-order chi connectivity index (χ0) is 15.6. The van der Waals surface area contributed by atoms with E-state index >= 15 is 0 Å². The SMILES string of the molecule is O=C(COC(=O)C1CC=CCC1)NCCOc1ccccc1. The number of carbonyl (C=O) groups excluding carboxylic acids is 2. The molecule has 5 heteroatoms. The van der Waals surface area contributed by atoms with Gasteiger partial charge in [-0.25, -0.2) is 0 Å². The lowest BCUT2D eigenvalue weighted by Crippen LogP contribution is -2.33. The maximum atomic E-state index is 11.8. The molecule has 1 amide bonds. The van der Waals surface area contributed by atoms with Crippen LogP contribution in [0.15, 0.2) is 42.5 Å². The summed E-state index contributed by atoms with van der Waals surface area (Å²) < 4.78 is 10.5. The summed E-state index contributed by atoms with van der Waals surface area (Å²) in [5.41, 5.74) is 0. The Kier molecular flexibility index (Phi) is 6.48. The van der Waals surface area contributed by atoms with Crippen LogP contribution in [0.5, 0.6) is 5.75 Å². The standard InChI is InChI=1S/C17H21NO4/c19-16(13-22-17(20)14-7-3-1-4-8-14)18-11-12-21-15-9-5-2-6-10-15/h1-3,5-6,9-10,14H,4,7-8,11-13H2,(H,18,19). The van der Waals surface area contributed by atoms with Crippen LogP contribution in [0, 0.1) is 5.92 Å². The van der Waals surface area contributed by atoms with E-state index in [4.69, 9.17) is 9.47 Å². The van der Waals surface area contributed by atoms with E-state index in [-0.39, 0.29) is 24.4 Å². The van der Waals surface area contributed by atoms with Gasteiger partial charge in [0.15, 0.2) is 6.61 Å². The fraction of sp³-hybridized carbons (Fsp3) is 0.412. The first-order chi connectivity index (χ1) is 10.8. The van der Waals surface area contributed by atoms with Gasteiger partial charge in [0.2, 0.25) is 0 Å². The van der Waals surface area contributed by atoms with E-state index in [1.807, 2.05) is 36.4 Å². The Hall–Kier alpha value is -2.30. The van der Waals surface area contributed by atoms with Crippen LogP contribution in [0.4, 0.5) is 0 Å². The van der Waals surface area contributed by atoms with Crippen LogP contribution < -0.4 is 10.1 Å². The molecule has 118 valence electrons. The second kappa shape index (κ2) is 8.87. The van der Waals surface area contributed by atoms with Gasteiger partial charge in [0.25, 0.3) is 5.91 Å². The van der Waals surface area contributed by atoms with Crippen LogP contribution >= 0.6 is 0 Å². The molecule has 1 unspecified atom stereocenters. The Morgan fingerprint density at radius 2 is 2.00 bits per heavy atom. The van der Waals surface area contributed by atoms with Crippen LogP contribution in [0.2, 0.25) is 0 Å². The van der Waals surface area contributed by atoms with Crippen molar-refractivity contribution in [3.05, 3.63) is 42.5 Å². The highest BCUT2D eigenvalue weighted by Crippen LogP contribution is 2.19. The topological polar surface area (TPSA) is 64.6 Å². The summed E-state index contributed by atoms with van der Waals surface area (Å²) in [6, 6.07) is 9.37. The molecule has 2 rings (SSSR count). The maximum absolute atomic E-state index is 11.8. The minimum atomic E-state index is -0.309. The first kappa shape index (κ1) is 16.1. The molecule has 22 heavy (non-hydrogen) atoms. The summed E-state index contributed by atoms with van der Waals surface area (Å²) in [6.45, 7) is 0.513. The molecule has 1 aromatic rings. The summed E-state index contributed by atoms with van der Waals surface area (Å²) in [6.07, 6.45) is 6.43. The van der Waals surface area contributed by atoms with Crippen LogP contribution in [-0.4, -0.2) is 31.6 Å². The summed E-state index contributed by atoms with van der Waals surface area (Å²) in [5, 5.41) is 2.66. The van der Waals surface area contributed by atoms with Crippen molar-refractivity contribution in [2.24, 2.45) is 5.92 Å². The molecule has 0 saturated carbocycles. The van der Waals surface area contributed by atoms with E-state index in [0.717, 1.165) is 18.6 Å². The van der Waals surface area contributed by atoms with E-state index in [1.54, 1.807) is 0 Å². The van der Waals surface area contributed by atoms with Crippen molar-refractivity contribution in [2.75, 3.05) is 19.8 Å². The van der Waals surface area contributed by atoms with E-state index < -0.39 is 0 Å². The normalized spacial score (nSPS) is 16.8. The lowest BCUT2D eigenvalue weighted by Gasteiger charge is -2.16. The molecule has 0 spiro atoms. The fourth-order valence-electron chi connectivity index (χ4n) is 2.19. The van der Waals surface area contributed by atoms with Gasteiger partial charge < -0.3 is 14.8 Å². The van der Waals surface area contributed by atoms with Gasteiger partial charge in [-0.15, -0.1) is 0 Å². The number of hydrogen-bond donors (Lipinski definition) is 1. The van der Waals surface area contributed by atoms with Crippen molar-refractivity contribution in [3.63, 3.8) is 0 Å². The van der Waals surface area contributed by atoms with E-state index in [0.29, 0.717) is 19.6 Å². The molecule has 0 radical (unpaired) electrons. The zero-order valence-corrected chi connectivity index (χ0v) is 12.5. The van der Waals surface area contributed by atoms with Crippen molar-refractivity contribution in [1.82, 2.24) is 5.32 Å². The summed E-state index contributed by atoms with van der Waals surface area (Å²) in [4.78, 5) is 23.3. The quantitative estimate of drug-likeness (QED) is 0.476. The second-order valence-electron chi connectivity index (χ2n) is 5.10. The highest BCUT2D eigenvalue weighted by molar-refractivity contribution is 5.81. The fourth-order valence-corrected chi connectivity index (χ4v) is 2.19. The molecule has 5 nitrogen and oxygen atoms in total. The molecule has 0 heterocycles. The molecule has 0 fully saturated rings. The highest BCUT2D eigenvalue weighted by Gasteiger charge is 2.20. The van der Waals surface area contributed by atoms with Crippen LogP contribution in [0.25, 0.3) is 0 Å². The van der Waals surface area contributed by atoms with Gasteiger partial charge in [-0.05, 0) is 31.4 Å². The monoisotopic (exact) mass is 303 g/mol. The minimum absolute atomic E-state index is 0.112. The van der Waals surface area contributed by atoms with Crippen molar-refractivity contribution < 1.29 is 19.1 Å². The summed E-state index contributed by atoms with van der Waals surface area (Å²) in [7, 11) is 0. The number of carbonyl (C=O) groups is 2. The van der Waals surface area contributed by atoms with Crippen molar-refractivity contribution in [2.45, 2.75) is 19.3 Å². The maximum Gasteiger partial charge on any atom is 0.309 e. The molecule has 1 aliphatic carbocycles. The van der Waals surface area contributed by atoms with Gasteiger partial charge in [-0.1, -0.05) is 30.4 Å². The third kappa shape index (κ3) is 5.60. The third-order valence-corrected chi connectivity index (χ3v) is 3.38. The number of para-hydroxylation sites is 1. The molecule has 0 aromatic heterocycles. The van der Waals surface area contributed by atoms with Gasteiger partial charge in [0.1, 0.15) is 12.4 Å². The molecule has 1 atom stereocenters. The lowest BCUT2D eigenvalue weighted by atomic mass is 9.95. The van der Waals surface area contributed by atoms with Crippen molar-refractivity contribution in [1.29, 1.82) is 0 Å². The average Bonchev–Trinajstić information content (AvgIpc) is 2.58.